The molecule has 0 aromatic heterocycles. The second-order valence-electron chi connectivity index (χ2n) is 6.70. The van der Waals surface area contributed by atoms with E-state index in [9.17, 15) is 26.4 Å². The lowest BCUT2D eigenvalue weighted by atomic mass is 10.1. The quantitative estimate of drug-likeness (QED) is 0.555. The molecule has 0 fully saturated rings. The fraction of sp³-hybridized carbons (Fsp3) is 0.350. The molecule has 0 spiro atoms. The van der Waals surface area contributed by atoms with Gasteiger partial charge in [-0.15, -0.1) is 0 Å². The fourth-order valence-corrected chi connectivity index (χ4v) is 4.07. The molecule has 2 aromatic carbocycles. The van der Waals surface area contributed by atoms with Crippen molar-refractivity contribution >= 4 is 33.2 Å². The summed E-state index contributed by atoms with van der Waals surface area (Å²) in [5.41, 5.74) is -1.08. The molecular formula is C20H22ClF3N2O6S. The summed E-state index contributed by atoms with van der Waals surface area (Å²) >= 11 is 5.96. The van der Waals surface area contributed by atoms with Crippen LogP contribution in [0.2, 0.25) is 5.02 Å². The number of nitrogens with one attached hydrogen (secondary N) is 1. The number of halogens is 4. The molecule has 0 aliphatic heterocycles. The van der Waals surface area contributed by atoms with Crippen LogP contribution >= 0.6 is 11.6 Å². The van der Waals surface area contributed by atoms with Gasteiger partial charge in [0.15, 0.2) is 11.5 Å². The van der Waals surface area contributed by atoms with Gasteiger partial charge in [0, 0.05) is 12.1 Å². The number of benzene rings is 2. The summed E-state index contributed by atoms with van der Waals surface area (Å²) in [6.07, 6.45) is -3.97. The number of hydrogen-bond acceptors (Lipinski definition) is 6. The number of rotatable bonds is 9. The van der Waals surface area contributed by atoms with Gasteiger partial charge in [-0.25, -0.2) is 8.42 Å². The van der Waals surface area contributed by atoms with E-state index in [1.54, 1.807) is 12.1 Å². The minimum Gasteiger partial charge on any atom is -0.493 e. The summed E-state index contributed by atoms with van der Waals surface area (Å²) in [5.74, 6) is 0.191. The molecule has 2 aromatic rings. The highest BCUT2D eigenvalue weighted by molar-refractivity contribution is 7.92. The molecule has 182 valence electrons. The summed E-state index contributed by atoms with van der Waals surface area (Å²) in [6.45, 7) is -0.883. The van der Waals surface area contributed by atoms with Crippen LogP contribution in [0.5, 0.6) is 17.2 Å². The first-order valence-electron chi connectivity index (χ1n) is 9.22. The first kappa shape index (κ1) is 26.4. The molecule has 13 heteroatoms. The Balaban J connectivity index is 2.29. The molecule has 1 amide bonds. The van der Waals surface area contributed by atoms with Crippen LogP contribution in [0.15, 0.2) is 30.3 Å². The average Bonchev–Trinajstić information content (AvgIpc) is 2.74. The highest BCUT2D eigenvalue weighted by atomic mass is 35.5. The van der Waals surface area contributed by atoms with Crippen molar-refractivity contribution in [3.05, 3.63) is 46.5 Å². The van der Waals surface area contributed by atoms with Crippen molar-refractivity contribution in [2.45, 2.75) is 12.7 Å². The fourth-order valence-electron chi connectivity index (χ4n) is 2.94. The number of anilines is 1. The molecule has 0 heterocycles. The summed E-state index contributed by atoms with van der Waals surface area (Å²) < 4.78 is 80.1. The van der Waals surface area contributed by atoms with Crippen LogP contribution in [0.3, 0.4) is 0 Å². The summed E-state index contributed by atoms with van der Waals surface area (Å²) in [5, 5.41) is 2.25. The van der Waals surface area contributed by atoms with Crippen molar-refractivity contribution in [1.82, 2.24) is 5.32 Å². The standard InChI is InChI=1S/C20H22ClF3N2O6S/c1-30-16-8-5-12(18(31-2)19(16)32-3)10-25-17(27)11-26(33(4,28)29)15-9-13(20(22,23)24)6-7-14(15)21/h5-9H,10-11H2,1-4H3,(H,25,27). The minimum absolute atomic E-state index is 0.0870. The van der Waals surface area contributed by atoms with Gasteiger partial charge in [-0.3, -0.25) is 9.10 Å². The maximum absolute atomic E-state index is 13.1. The van der Waals surface area contributed by atoms with E-state index in [1.165, 1.54) is 21.3 Å². The van der Waals surface area contributed by atoms with E-state index in [0.29, 0.717) is 27.4 Å². The third kappa shape index (κ3) is 6.35. The summed E-state index contributed by atoms with van der Waals surface area (Å²) in [6, 6.07) is 5.42. The monoisotopic (exact) mass is 510 g/mol. The second kappa shape index (κ2) is 10.4. The van der Waals surface area contributed by atoms with Crippen molar-refractivity contribution < 1.29 is 40.6 Å². The Morgan fingerprint density at radius 3 is 2.21 bits per heavy atom. The smallest absolute Gasteiger partial charge is 0.416 e. The third-order valence-electron chi connectivity index (χ3n) is 4.49. The maximum Gasteiger partial charge on any atom is 0.416 e. The Hall–Kier alpha value is -2.86. The molecule has 8 nitrogen and oxygen atoms in total. The number of sulfonamides is 1. The van der Waals surface area contributed by atoms with Gasteiger partial charge in [-0.2, -0.15) is 13.2 Å². The number of carbonyl (C=O) groups is 1. The van der Waals surface area contributed by atoms with E-state index in [4.69, 9.17) is 25.8 Å². The van der Waals surface area contributed by atoms with Crippen LogP contribution in [0.25, 0.3) is 0 Å². The molecule has 0 radical (unpaired) electrons. The van der Waals surface area contributed by atoms with Crippen LogP contribution in [0.4, 0.5) is 18.9 Å². The van der Waals surface area contributed by atoms with Gasteiger partial charge < -0.3 is 19.5 Å². The molecule has 0 aliphatic rings. The molecule has 0 unspecified atom stereocenters. The van der Waals surface area contributed by atoms with Gasteiger partial charge in [0.25, 0.3) is 0 Å². The number of ether oxygens (including phenoxy) is 3. The number of carbonyl (C=O) groups excluding carboxylic acids is 1. The molecule has 0 saturated carbocycles. The molecule has 2 rings (SSSR count). The zero-order valence-corrected chi connectivity index (χ0v) is 19.7. The van der Waals surface area contributed by atoms with Gasteiger partial charge in [-0.1, -0.05) is 11.6 Å². The lowest BCUT2D eigenvalue weighted by molar-refractivity contribution is -0.137. The van der Waals surface area contributed by atoms with Crippen LogP contribution in [0, 0.1) is 0 Å². The largest absolute Gasteiger partial charge is 0.493 e. The molecular weight excluding hydrogens is 489 g/mol. The number of hydrogen-bond donors (Lipinski definition) is 1. The van der Waals surface area contributed by atoms with Crippen molar-refractivity contribution in [2.24, 2.45) is 0 Å². The SMILES string of the molecule is COc1ccc(CNC(=O)CN(c2cc(C(F)(F)F)ccc2Cl)S(C)(=O)=O)c(OC)c1OC. The Morgan fingerprint density at radius 2 is 1.70 bits per heavy atom. The molecule has 0 bridgehead atoms. The molecule has 0 aliphatic carbocycles. The summed E-state index contributed by atoms with van der Waals surface area (Å²) in [7, 11) is 0.0889. The van der Waals surface area contributed by atoms with Crippen molar-refractivity contribution in [2.75, 3.05) is 38.4 Å². The van der Waals surface area contributed by atoms with E-state index >= 15 is 0 Å². The maximum atomic E-state index is 13.1. The number of methoxy groups -OCH3 is 3. The van der Waals surface area contributed by atoms with Gasteiger partial charge >= 0.3 is 6.18 Å². The lowest BCUT2D eigenvalue weighted by Crippen LogP contribution is -2.40. The number of nitrogens with zero attached hydrogens (tertiary/aromatic N) is 1. The van der Waals surface area contributed by atoms with E-state index in [1.807, 2.05) is 0 Å². The Morgan fingerprint density at radius 1 is 1.06 bits per heavy atom. The average molecular weight is 511 g/mol. The predicted molar refractivity (Wildman–Crippen MR) is 117 cm³/mol. The summed E-state index contributed by atoms with van der Waals surface area (Å²) in [4.78, 5) is 12.5. The van der Waals surface area contributed by atoms with Crippen molar-refractivity contribution in [3.8, 4) is 17.2 Å². The Kier molecular flexibility index (Phi) is 8.30. The zero-order valence-electron chi connectivity index (χ0n) is 18.1. The van der Waals surface area contributed by atoms with E-state index in [0.717, 1.165) is 18.4 Å². The van der Waals surface area contributed by atoms with Crippen LogP contribution in [-0.2, 0) is 27.5 Å². The highest BCUT2D eigenvalue weighted by Crippen LogP contribution is 2.40. The van der Waals surface area contributed by atoms with Crippen molar-refractivity contribution in [3.63, 3.8) is 0 Å². The molecule has 0 saturated heterocycles. The molecule has 0 atom stereocenters. The second-order valence-corrected chi connectivity index (χ2v) is 9.02. The van der Waals surface area contributed by atoms with Crippen LogP contribution < -0.4 is 23.8 Å². The van der Waals surface area contributed by atoms with E-state index in [-0.39, 0.29) is 17.3 Å². The first-order chi connectivity index (χ1) is 15.3. The Labute approximate surface area is 194 Å². The number of amides is 1. The van der Waals surface area contributed by atoms with E-state index < -0.39 is 39.9 Å². The molecule has 1 N–H and O–H groups in total. The van der Waals surface area contributed by atoms with Gasteiger partial charge in [0.05, 0.1) is 43.9 Å². The zero-order chi connectivity index (χ0) is 25.0. The molecule has 33 heavy (non-hydrogen) atoms. The first-order valence-corrected chi connectivity index (χ1v) is 11.4. The predicted octanol–water partition coefficient (Wildman–Crippen LogP) is 3.47. The number of alkyl halides is 3. The van der Waals surface area contributed by atoms with Crippen LogP contribution in [-0.4, -0.2) is 48.5 Å². The normalized spacial score (nSPS) is 11.6. The third-order valence-corrected chi connectivity index (χ3v) is 5.94. The van der Waals surface area contributed by atoms with Crippen LogP contribution in [0.1, 0.15) is 11.1 Å². The Bertz CT molecular complexity index is 1130. The highest BCUT2D eigenvalue weighted by Gasteiger charge is 2.33. The van der Waals surface area contributed by atoms with Gasteiger partial charge in [0.2, 0.25) is 21.7 Å². The topological polar surface area (TPSA) is 94.2 Å². The van der Waals surface area contributed by atoms with Gasteiger partial charge in [-0.05, 0) is 30.3 Å². The minimum atomic E-state index is -4.73. The van der Waals surface area contributed by atoms with E-state index in [2.05, 4.69) is 5.32 Å². The van der Waals surface area contributed by atoms with Crippen molar-refractivity contribution in [1.29, 1.82) is 0 Å². The lowest BCUT2D eigenvalue weighted by Gasteiger charge is -2.24. The van der Waals surface area contributed by atoms with Gasteiger partial charge in [0.1, 0.15) is 6.54 Å².